The second-order valence-electron chi connectivity index (χ2n) is 3.49. The molecule has 0 aromatic heterocycles. The van der Waals surface area contributed by atoms with Gasteiger partial charge in [-0.1, -0.05) is 25.0 Å². The number of rotatable bonds is 4. The van der Waals surface area contributed by atoms with E-state index in [-0.39, 0.29) is 0 Å². The lowest BCUT2D eigenvalue weighted by Crippen LogP contribution is -2.10. The van der Waals surface area contributed by atoms with Crippen molar-refractivity contribution < 1.29 is 0 Å². The Labute approximate surface area is 69.9 Å². The van der Waals surface area contributed by atoms with Gasteiger partial charge in [0, 0.05) is 0 Å². The Morgan fingerprint density at radius 1 is 1.45 bits per heavy atom. The molecule has 1 fully saturated rings. The van der Waals surface area contributed by atoms with Gasteiger partial charge in [0.25, 0.3) is 0 Å². The molecule has 1 saturated carbocycles. The average molecular weight is 153 g/mol. The lowest BCUT2D eigenvalue weighted by Gasteiger charge is -2.11. The van der Waals surface area contributed by atoms with E-state index in [4.69, 9.17) is 0 Å². The molecule has 0 aromatic carbocycles. The molecule has 1 rings (SSSR count). The van der Waals surface area contributed by atoms with Crippen LogP contribution >= 0.6 is 0 Å². The smallest absolute Gasteiger partial charge is 0.00146 e. The van der Waals surface area contributed by atoms with E-state index in [2.05, 4.69) is 11.9 Å². The summed E-state index contributed by atoms with van der Waals surface area (Å²) in [6.45, 7) is 5.23. The SMILES string of the molecule is C=C(CCNC)C1CCCC1. The van der Waals surface area contributed by atoms with E-state index < -0.39 is 0 Å². The van der Waals surface area contributed by atoms with Gasteiger partial charge in [0.05, 0.1) is 0 Å². The van der Waals surface area contributed by atoms with Gasteiger partial charge in [0.1, 0.15) is 0 Å². The molecule has 0 aliphatic heterocycles. The quantitative estimate of drug-likeness (QED) is 0.611. The maximum absolute atomic E-state index is 4.13. The molecule has 0 spiro atoms. The minimum atomic E-state index is 0.850. The Kier molecular flexibility index (Phi) is 3.64. The summed E-state index contributed by atoms with van der Waals surface area (Å²) in [5.74, 6) is 0.850. The second kappa shape index (κ2) is 4.55. The first kappa shape index (κ1) is 8.79. The molecule has 1 nitrogen and oxygen atoms in total. The van der Waals surface area contributed by atoms with Crippen molar-refractivity contribution in [2.45, 2.75) is 32.1 Å². The first-order valence-electron chi connectivity index (χ1n) is 4.67. The van der Waals surface area contributed by atoms with Crippen molar-refractivity contribution in [3.8, 4) is 0 Å². The fraction of sp³-hybridized carbons (Fsp3) is 0.800. The molecule has 11 heavy (non-hydrogen) atoms. The van der Waals surface area contributed by atoms with E-state index in [9.17, 15) is 0 Å². The van der Waals surface area contributed by atoms with Crippen LogP contribution in [0.5, 0.6) is 0 Å². The van der Waals surface area contributed by atoms with Crippen LogP contribution in [0.15, 0.2) is 12.2 Å². The van der Waals surface area contributed by atoms with Crippen molar-refractivity contribution in [2.75, 3.05) is 13.6 Å². The summed E-state index contributed by atoms with van der Waals surface area (Å²) < 4.78 is 0. The third-order valence-corrected chi connectivity index (χ3v) is 2.63. The largest absolute Gasteiger partial charge is 0.319 e. The molecule has 64 valence electrons. The summed E-state index contributed by atoms with van der Waals surface area (Å²) in [6.07, 6.45) is 6.79. The van der Waals surface area contributed by atoms with Gasteiger partial charge in [-0.15, -0.1) is 0 Å². The van der Waals surface area contributed by atoms with Crippen molar-refractivity contribution in [3.05, 3.63) is 12.2 Å². The molecule has 0 amide bonds. The third-order valence-electron chi connectivity index (χ3n) is 2.63. The molecule has 1 N–H and O–H groups in total. The van der Waals surface area contributed by atoms with Crippen LogP contribution in [-0.4, -0.2) is 13.6 Å². The highest BCUT2D eigenvalue weighted by atomic mass is 14.8. The summed E-state index contributed by atoms with van der Waals surface area (Å²) in [5.41, 5.74) is 1.47. The average Bonchev–Trinajstić information content (AvgIpc) is 2.52. The molecule has 0 bridgehead atoms. The molecule has 0 saturated heterocycles. The Hall–Kier alpha value is -0.300. The summed E-state index contributed by atoms with van der Waals surface area (Å²) in [4.78, 5) is 0. The molecule has 0 radical (unpaired) electrons. The maximum Gasteiger partial charge on any atom is -0.00146 e. The van der Waals surface area contributed by atoms with E-state index in [0.717, 1.165) is 12.5 Å². The van der Waals surface area contributed by atoms with E-state index in [1.807, 2.05) is 7.05 Å². The van der Waals surface area contributed by atoms with Crippen molar-refractivity contribution in [1.82, 2.24) is 5.32 Å². The monoisotopic (exact) mass is 153 g/mol. The molecule has 0 unspecified atom stereocenters. The first-order chi connectivity index (χ1) is 5.34. The fourth-order valence-corrected chi connectivity index (χ4v) is 1.82. The van der Waals surface area contributed by atoms with Crippen LogP contribution in [-0.2, 0) is 0 Å². The van der Waals surface area contributed by atoms with Gasteiger partial charge < -0.3 is 5.32 Å². The van der Waals surface area contributed by atoms with Gasteiger partial charge in [-0.25, -0.2) is 0 Å². The first-order valence-corrected chi connectivity index (χ1v) is 4.67. The Balaban J connectivity index is 2.17. The topological polar surface area (TPSA) is 12.0 Å². The predicted octanol–water partition coefficient (Wildman–Crippen LogP) is 2.34. The van der Waals surface area contributed by atoms with Crippen LogP contribution in [0.1, 0.15) is 32.1 Å². The standard InChI is InChI=1S/C10H19N/c1-9(7-8-11-2)10-5-3-4-6-10/h10-11H,1,3-8H2,2H3. The van der Waals surface area contributed by atoms with Gasteiger partial charge in [-0.05, 0) is 38.8 Å². The highest BCUT2D eigenvalue weighted by molar-refractivity contribution is 5.02. The minimum absolute atomic E-state index is 0.850. The molecule has 1 aliphatic carbocycles. The number of nitrogens with one attached hydrogen (secondary N) is 1. The zero-order valence-electron chi connectivity index (χ0n) is 7.53. The molecule has 0 aromatic rings. The third kappa shape index (κ3) is 2.66. The van der Waals surface area contributed by atoms with Gasteiger partial charge in [0.15, 0.2) is 0 Å². The van der Waals surface area contributed by atoms with E-state index in [0.29, 0.717) is 0 Å². The summed E-state index contributed by atoms with van der Waals surface area (Å²) >= 11 is 0. The zero-order valence-corrected chi connectivity index (χ0v) is 7.53. The van der Waals surface area contributed by atoms with Gasteiger partial charge >= 0.3 is 0 Å². The van der Waals surface area contributed by atoms with Crippen LogP contribution in [0.3, 0.4) is 0 Å². The fourth-order valence-electron chi connectivity index (χ4n) is 1.82. The Bertz CT molecular complexity index is 123. The normalized spacial score (nSPS) is 19.0. The predicted molar refractivity (Wildman–Crippen MR) is 49.6 cm³/mol. The van der Waals surface area contributed by atoms with Crippen LogP contribution in [0.2, 0.25) is 0 Å². The van der Waals surface area contributed by atoms with E-state index in [1.54, 1.807) is 0 Å². The summed E-state index contributed by atoms with van der Waals surface area (Å²) in [5, 5.41) is 3.16. The van der Waals surface area contributed by atoms with E-state index >= 15 is 0 Å². The second-order valence-corrected chi connectivity index (χ2v) is 3.49. The van der Waals surface area contributed by atoms with E-state index in [1.165, 1.54) is 37.7 Å². The van der Waals surface area contributed by atoms with Gasteiger partial charge in [-0.3, -0.25) is 0 Å². The lowest BCUT2D eigenvalue weighted by molar-refractivity contribution is 0.603. The number of hydrogen-bond acceptors (Lipinski definition) is 1. The lowest BCUT2D eigenvalue weighted by atomic mass is 9.96. The van der Waals surface area contributed by atoms with Crippen molar-refractivity contribution >= 4 is 0 Å². The van der Waals surface area contributed by atoms with Crippen molar-refractivity contribution in [1.29, 1.82) is 0 Å². The molecular formula is C10H19N. The molecule has 1 aliphatic rings. The molecular weight excluding hydrogens is 134 g/mol. The van der Waals surface area contributed by atoms with Crippen LogP contribution in [0.25, 0.3) is 0 Å². The highest BCUT2D eigenvalue weighted by Crippen LogP contribution is 2.31. The van der Waals surface area contributed by atoms with Crippen molar-refractivity contribution in [3.63, 3.8) is 0 Å². The minimum Gasteiger partial charge on any atom is -0.319 e. The Morgan fingerprint density at radius 3 is 2.64 bits per heavy atom. The Morgan fingerprint density at radius 2 is 2.09 bits per heavy atom. The summed E-state index contributed by atoms with van der Waals surface area (Å²) in [7, 11) is 2.00. The highest BCUT2D eigenvalue weighted by Gasteiger charge is 2.16. The van der Waals surface area contributed by atoms with Crippen molar-refractivity contribution in [2.24, 2.45) is 5.92 Å². The molecule has 0 atom stereocenters. The molecule has 0 heterocycles. The van der Waals surface area contributed by atoms with Crippen LogP contribution < -0.4 is 5.32 Å². The van der Waals surface area contributed by atoms with Gasteiger partial charge in [0.2, 0.25) is 0 Å². The maximum atomic E-state index is 4.13. The van der Waals surface area contributed by atoms with Crippen LogP contribution in [0, 0.1) is 5.92 Å². The zero-order chi connectivity index (χ0) is 8.10. The summed E-state index contributed by atoms with van der Waals surface area (Å²) in [6, 6.07) is 0. The number of hydrogen-bond donors (Lipinski definition) is 1. The molecule has 1 heteroatoms. The van der Waals surface area contributed by atoms with Gasteiger partial charge in [-0.2, -0.15) is 0 Å². The van der Waals surface area contributed by atoms with Crippen LogP contribution in [0.4, 0.5) is 0 Å².